The number of nitrogens with one attached hydrogen (secondary N) is 3. The molecule has 1 aliphatic carbocycles. The van der Waals surface area contributed by atoms with Crippen molar-refractivity contribution in [1.82, 2.24) is 20.4 Å². The molecule has 3 amide bonds. The van der Waals surface area contributed by atoms with Gasteiger partial charge in [-0.15, -0.1) is 11.3 Å². The second-order valence-electron chi connectivity index (χ2n) is 7.64. The summed E-state index contributed by atoms with van der Waals surface area (Å²) in [4.78, 5) is 49.2. The maximum atomic E-state index is 12.3. The lowest BCUT2D eigenvalue weighted by Gasteiger charge is -2.09. The molecular formula is C23H23N5O4S. The Labute approximate surface area is 193 Å². The summed E-state index contributed by atoms with van der Waals surface area (Å²) in [6, 6.07) is 13.4. The summed E-state index contributed by atoms with van der Waals surface area (Å²) < 4.78 is 1.12. The second-order valence-corrected chi connectivity index (χ2v) is 8.59. The van der Waals surface area contributed by atoms with E-state index in [1.807, 2.05) is 17.5 Å². The van der Waals surface area contributed by atoms with Gasteiger partial charge in [0.15, 0.2) is 0 Å². The van der Waals surface area contributed by atoms with Crippen molar-refractivity contribution in [3.63, 3.8) is 0 Å². The zero-order chi connectivity index (χ0) is 23.2. The standard InChI is InChI=1S/C23H23N5O4S/c29-20(14-28-21(30)10-9-18(27-28)19-2-1-13-33-19)24-11-12-25-22(31)15-5-7-17(8-6-15)26-23(32)16-3-4-16/h1-2,5-10,13,16H,3-4,11-12,14H2,(H,24,29)(H,25,31)(H,26,32). The number of hydrogen-bond acceptors (Lipinski definition) is 6. The van der Waals surface area contributed by atoms with Crippen LogP contribution in [0.3, 0.4) is 0 Å². The van der Waals surface area contributed by atoms with Crippen molar-refractivity contribution in [1.29, 1.82) is 0 Å². The van der Waals surface area contributed by atoms with Crippen LogP contribution in [0.1, 0.15) is 23.2 Å². The normalized spacial score (nSPS) is 12.7. The van der Waals surface area contributed by atoms with Crippen LogP contribution in [0.2, 0.25) is 0 Å². The summed E-state index contributed by atoms with van der Waals surface area (Å²) in [6.07, 6.45) is 1.86. The summed E-state index contributed by atoms with van der Waals surface area (Å²) in [5, 5.41) is 14.4. The van der Waals surface area contributed by atoms with Crippen LogP contribution in [0, 0.1) is 5.92 Å². The number of thiophene rings is 1. The largest absolute Gasteiger partial charge is 0.353 e. The van der Waals surface area contributed by atoms with E-state index in [0.717, 1.165) is 22.4 Å². The molecule has 0 radical (unpaired) electrons. The Morgan fingerprint density at radius 3 is 2.45 bits per heavy atom. The van der Waals surface area contributed by atoms with Crippen molar-refractivity contribution in [2.45, 2.75) is 19.4 Å². The third-order valence-electron chi connectivity index (χ3n) is 5.03. The first-order chi connectivity index (χ1) is 16.0. The molecular weight excluding hydrogens is 442 g/mol. The van der Waals surface area contributed by atoms with E-state index < -0.39 is 0 Å². The highest BCUT2D eigenvalue weighted by atomic mass is 32.1. The average Bonchev–Trinajstić information content (AvgIpc) is 3.53. The smallest absolute Gasteiger partial charge is 0.267 e. The van der Waals surface area contributed by atoms with Crippen LogP contribution in [0.25, 0.3) is 10.6 Å². The number of nitrogens with zero attached hydrogens (tertiary/aromatic N) is 2. The highest BCUT2D eigenvalue weighted by Crippen LogP contribution is 2.30. The molecule has 0 unspecified atom stereocenters. The van der Waals surface area contributed by atoms with Crippen LogP contribution in [0.5, 0.6) is 0 Å². The maximum absolute atomic E-state index is 12.3. The van der Waals surface area contributed by atoms with Crippen molar-refractivity contribution in [2.24, 2.45) is 5.92 Å². The van der Waals surface area contributed by atoms with Crippen LogP contribution in [-0.4, -0.2) is 40.6 Å². The number of carbonyl (C=O) groups excluding carboxylic acids is 3. The summed E-state index contributed by atoms with van der Waals surface area (Å²) in [5.41, 5.74) is 1.37. The van der Waals surface area contributed by atoms with E-state index in [0.29, 0.717) is 16.9 Å². The van der Waals surface area contributed by atoms with Crippen molar-refractivity contribution >= 4 is 34.7 Å². The fourth-order valence-electron chi connectivity index (χ4n) is 3.08. The Bertz CT molecular complexity index is 1200. The average molecular weight is 466 g/mol. The van der Waals surface area contributed by atoms with E-state index in [4.69, 9.17) is 0 Å². The Balaban J connectivity index is 1.21. The molecule has 1 fully saturated rings. The predicted molar refractivity (Wildman–Crippen MR) is 125 cm³/mol. The van der Waals surface area contributed by atoms with E-state index in [2.05, 4.69) is 21.0 Å². The Morgan fingerprint density at radius 2 is 1.76 bits per heavy atom. The van der Waals surface area contributed by atoms with Gasteiger partial charge in [-0.1, -0.05) is 6.07 Å². The van der Waals surface area contributed by atoms with Crippen molar-refractivity contribution in [3.8, 4) is 10.6 Å². The molecule has 2 heterocycles. The molecule has 0 bridgehead atoms. The first kappa shape index (κ1) is 22.4. The molecule has 1 aliphatic rings. The molecule has 10 heteroatoms. The Kier molecular flexibility index (Phi) is 6.94. The summed E-state index contributed by atoms with van der Waals surface area (Å²) in [7, 11) is 0. The molecule has 33 heavy (non-hydrogen) atoms. The minimum atomic E-state index is -0.377. The van der Waals surface area contributed by atoms with Crippen molar-refractivity contribution in [2.75, 3.05) is 18.4 Å². The van der Waals surface area contributed by atoms with E-state index in [-0.39, 0.29) is 48.8 Å². The van der Waals surface area contributed by atoms with Gasteiger partial charge >= 0.3 is 0 Å². The van der Waals surface area contributed by atoms with Gasteiger partial charge in [-0.2, -0.15) is 5.10 Å². The lowest BCUT2D eigenvalue weighted by molar-refractivity contribution is -0.122. The first-order valence-electron chi connectivity index (χ1n) is 10.6. The molecule has 0 atom stereocenters. The van der Waals surface area contributed by atoms with Crippen LogP contribution in [-0.2, 0) is 16.1 Å². The lowest BCUT2D eigenvalue weighted by atomic mass is 10.2. The van der Waals surface area contributed by atoms with Gasteiger partial charge in [-0.05, 0) is 54.6 Å². The van der Waals surface area contributed by atoms with E-state index >= 15 is 0 Å². The van der Waals surface area contributed by atoms with Gasteiger partial charge in [0.05, 0.1) is 4.88 Å². The van der Waals surface area contributed by atoms with Crippen molar-refractivity contribution < 1.29 is 14.4 Å². The van der Waals surface area contributed by atoms with Crippen LogP contribution in [0.15, 0.2) is 58.7 Å². The molecule has 3 N–H and O–H groups in total. The monoisotopic (exact) mass is 465 g/mol. The minimum absolute atomic E-state index is 0.0126. The van der Waals surface area contributed by atoms with E-state index in [9.17, 15) is 19.2 Å². The summed E-state index contributed by atoms with van der Waals surface area (Å²) in [5.74, 6) is -0.537. The van der Waals surface area contributed by atoms with Gasteiger partial charge < -0.3 is 16.0 Å². The number of amides is 3. The molecule has 4 rings (SSSR count). The van der Waals surface area contributed by atoms with Gasteiger partial charge in [0, 0.05) is 36.3 Å². The van der Waals surface area contributed by atoms with E-state index in [1.54, 1.807) is 30.3 Å². The third kappa shape index (κ3) is 6.13. The van der Waals surface area contributed by atoms with Gasteiger partial charge in [0.2, 0.25) is 11.8 Å². The second kappa shape index (κ2) is 10.2. The number of anilines is 1. The summed E-state index contributed by atoms with van der Waals surface area (Å²) in [6.45, 7) is 0.224. The molecule has 9 nitrogen and oxygen atoms in total. The molecule has 3 aromatic rings. The molecule has 2 aromatic heterocycles. The van der Waals surface area contributed by atoms with Gasteiger partial charge in [-0.25, -0.2) is 4.68 Å². The number of aromatic nitrogens is 2. The van der Waals surface area contributed by atoms with Gasteiger partial charge in [-0.3, -0.25) is 19.2 Å². The topological polar surface area (TPSA) is 122 Å². The fourth-order valence-corrected chi connectivity index (χ4v) is 3.78. The highest BCUT2D eigenvalue weighted by Gasteiger charge is 2.29. The van der Waals surface area contributed by atoms with Crippen LogP contribution < -0.4 is 21.5 Å². The number of carbonyl (C=O) groups is 3. The zero-order valence-electron chi connectivity index (χ0n) is 17.7. The zero-order valence-corrected chi connectivity index (χ0v) is 18.6. The lowest BCUT2D eigenvalue weighted by Crippen LogP contribution is -2.38. The molecule has 170 valence electrons. The van der Waals surface area contributed by atoms with Crippen LogP contribution >= 0.6 is 11.3 Å². The maximum Gasteiger partial charge on any atom is 0.267 e. The molecule has 0 saturated heterocycles. The fraction of sp³-hybridized carbons (Fsp3) is 0.261. The Hall–Kier alpha value is -3.79. The first-order valence-corrected chi connectivity index (χ1v) is 11.5. The SMILES string of the molecule is O=C(Cn1nc(-c2cccs2)ccc1=O)NCCNC(=O)c1ccc(NC(=O)C2CC2)cc1. The van der Waals surface area contributed by atoms with E-state index in [1.165, 1.54) is 17.4 Å². The molecule has 1 aromatic carbocycles. The minimum Gasteiger partial charge on any atom is -0.353 e. The molecule has 1 saturated carbocycles. The van der Waals surface area contributed by atoms with Gasteiger partial charge in [0.1, 0.15) is 12.2 Å². The van der Waals surface area contributed by atoms with Crippen LogP contribution in [0.4, 0.5) is 5.69 Å². The van der Waals surface area contributed by atoms with Crippen molar-refractivity contribution in [3.05, 3.63) is 69.8 Å². The summed E-state index contributed by atoms with van der Waals surface area (Å²) >= 11 is 1.50. The number of hydrogen-bond donors (Lipinski definition) is 3. The number of rotatable bonds is 9. The predicted octanol–water partition coefficient (Wildman–Crippen LogP) is 1.87. The molecule has 0 spiro atoms. The Morgan fingerprint density at radius 1 is 1.00 bits per heavy atom. The van der Waals surface area contributed by atoms with Gasteiger partial charge in [0.25, 0.3) is 11.5 Å². The quantitative estimate of drug-likeness (QED) is 0.417. The third-order valence-corrected chi connectivity index (χ3v) is 5.92. The molecule has 0 aliphatic heterocycles. The number of benzene rings is 1. The highest BCUT2D eigenvalue weighted by molar-refractivity contribution is 7.13.